The third-order valence-corrected chi connectivity index (χ3v) is 14.4. The molecule has 0 spiro atoms. The first-order valence-corrected chi connectivity index (χ1v) is 23.4. The van der Waals surface area contributed by atoms with Crippen LogP contribution in [-0.4, -0.2) is 92.7 Å². The average Bonchev–Trinajstić information content (AvgIpc) is 3.77. The van der Waals surface area contributed by atoms with Crippen LogP contribution >= 0.6 is 0 Å². The van der Waals surface area contributed by atoms with Gasteiger partial charge in [0.05, 0.1) is 46.2 Å². The van der Waals surface area contributed by atoms with Gasteiger partial charge in [0, 0.05) is 44.5 Å². The van der Waals surface area contributed by atoms with Gasteiger partial charge in [-0.2, -0.15) is 0 Å². The Hall–Kier alpha value is -5.23. The Morgan fingerprint density at radius 1 is 0.919 bits per heavy atom. The third kappa shape index (κ3) is 9.26. The number of carbonyl (C=O) groups is 2. The zero-order valence-electron chi connectivity index (χ0n) is 36.3. The fraction of sp³-hybridized carbons (Fsp3) is 0.511. The standard InChI is InChI=1S/C45H58N10O6S/c1-28(2)54-30(4)47-26-41(54)37-16-19-46-44(50-37)49-36-12-11-35(24-29(36)3)62(59,60)48-20-23-61-34-9-6-31(7-10-34)27-53-21-17-32(18-22-53)33-8-13-38-40(25-33)52(5)45(58)55(38)39-14-15-42(56)51-43(39)57/h8,11-13,16,19,24-26,28,31-32,34,39,48H,6-7,9-10,14-15,17-18,20-23,27H2,1-5H3,(H,46,49,50)(H,51,56,57)/t31-,34-,39?. The number of hydrogen-bond donors (Lipinski definition) is 3. The number of rotatable bonds is 14. The summed E-state index contributed by atoms with van der Waals surface area (Å²) < 4.78 is 40.6. The van der Waals surface area contributed by atoms with Crippen molar-refractivity contribution in [2.45, 2.75) is 108 Å². The van der Waals surface area contributed by atoms with Crippen molar-refractivity contribution in [2.24, 2.45) is 13.0 Å². The van der Waals surface area contributed by atoms with Crippen LogP contribution in [0, 0.1) is 19.8 Å². The monoisotopic (exact) mass is 866 g/mol. The minimum atomic E-state index is -3.74. The van der Waals surface area contributed by atoms with Crippen LogP contribution < -0.4 is 21.0 Å². The Balaban J connectivity index is 0.758. The molecule has 2 aliphatic heterocycles. The molecular weight excluding hydrogens is 809 g/mol. The summed E-state index contributed by atoms with van der Waals surface area (Å²) in [6.07, 6.45) is 10.4. The lowest BCUT2D eigenvalue weighted by Crippen LogP contribution is -2.44. The summed E-state index contributed by atoms with van der Waals surface area (Å²) >= 11 is 0. The topological polar surface area (TPSA) is 187 Å². The predicted octanol–water partition coefficient (Wildman–Crippen LogP) is 5.65. The molecule has 1 unspecified atom stereocenters. The van der Waals surface area contributed by atoms with Gasteiger partial charge in [-0.15, -0.1) is 0 Å². The molecule has 0 radical (unpaired) electrons. The Bertz CT molecular complexity index is 2620. The van der Waals surface area contributed by atoms with Gasteiger partial charge in [0.15, 0.2) is 0 Å². The molecule has 1 saturated carbocycles. The second kappa shape index (κ2) is 18.2. The molecule has 1 aliphatic carbocycles. The van der Waals surface area contributed by atoms with E-state index in [4.69, 9.17) is 9.72 Å². The summed E-state index contributed by atoms with van der Waals surface area (Å²) in [4.78, 5) is 53.9. The molecule has 2 aromatic carbocycles. The Morgan fingerprint density at radius 2 is 1.69 bits per heavy atom. The number of imide groups is 1. The second-order valence-corrected chi connectivity index (χ2v) is 19.2. The van der Waals surface area contributed by atoms with Gasteiger partial charge >= 0.3 is 5.69 Å². The molecule has 3 aromatic heterocycles. The maximum absolute atomic E-state index is 13.2. The molecule has 2 amide bonds. The SMILES string of the molecule is Cc1cc(S(=O)(=O)NCCO[C@H]2CC[C@H](CN3CCC(c4ccc5c(c4)n(C)c(=O)n5C4CCC(=O)NC4=O)CC3)CC2)ccc1Nc1nccc(-c2cnc(C)n2C(C)C)n1. The van der Waals surface area contributed by atoms with Gasteiger partial charge in [0.1, 0.15) is 11.9 Å². The number of likely N-dealkylation sites (tertiary alicyclic amines) is 1. The smallest absolute Gasteiger partial charge is 0.329 e. The molecule has 17 heteroatoms. The van der Waals surface area contributed by atoms with Gasteiger partial charge in [-0.25, -0.2) is 32.9 Å². The predicted molar refractivity (Wildman–Crippen MR) is 237 cm³/mol. The first kappa shape index (κ1) is 43.4. The van der Waals surface area contributed by atoms with E-state index in [-0.39, 0.29) is 41.6 Å². The van der Waals surface area contributed by atoms with Crippen molar-refractivity contribution in [3.05, 3.63) is 82.3 Å². The fourth-order valence-electron chi connectivity index (χ4n) is 9.56. The molecule has 3 N–H and O–H groups in total. The van der Waals surface area contributed by atoms with Crippen LogP contribution in [0.2, 0.25) is 0 Å². The second-order valence-electron chi connectivity index (χ2n) is 17.4. The quantitative estimate of drug-likeness (QED) is 0.0926. The number of nitrogens with zero attached hydrogens (tertiary/aromatic N) is 7. The number of piperidine rings is 2. The number of aryl methyl sites for hydroxylation is 3. The molecule has 0 bridgehead atoms. The van der Waals surface area contributed by atoms with Crippen molar-refractivity contribution >= 4 is 44.5 Å². The lowest BCUT2D eigenvalue weighted by molar-refractivity contribution is -0.135. The van der Waals surface area contributed by atoms with Crippen LogP contribution in [0.5, 0.6) is 0 Å². The van der Waals surface area contributed by atoms with E-state index in [1.165, 1.54) is 10.1 Å². The number of benzene rings is 2. The molecule has 330 valence electrons. The average molecular weight is 867 g/mol. The van der Waals surface area contributed by atoms with Crippen LogP contribution in [0.25, 0.3) is 22.4 Å². The number of fused-ring (bicyclic) bond motifs is 1. The highest BCUT2D eigenvalue weighted by atomic mass is 32.2. The Kier molecular flexibility index (Phi) is 12.8. The van der Waals surface area contributed by atoms with Gasteiger partial charge in [-0.05, 0) is 145 Å². The van der Waals surface area contributed by atoms with Crippen LogP contribution in [0.1, 0.15) is 100 Å². The molecule has 5 aromatic rings. The number of nitrogens with one attached hydrogen (secondary N) is 3. The summed E-state index contributed by atoms with van der Waals surface area (Å²) in [5, 5.41) is 5.62. The number of carbonyl (C=O) groups excluding carboxylic acids is 2. The number of hydrogen-bond acceptors (Lipinski definition) is 11. The maximum atomic E-state index is 13.2. The van der Waals surface area contributed by atoms with E-state index in [2.05, 4.69) is 60.8 Å². The number of sulfonamides is 1. The van der Waals surface area contributed by atoms with Crippen molar-refractivity contribution in [3.63, 3.8) is 0 Å². The van der Waals surface area contributed by atoms with E-state index in [1.807, 2.05) is 32.2 Å². The molecule has 1 atom stereocenters. The molecule has 62 heavy (non-hydrogen) atoms. The van der Waals surface area contributed by atoms with E-state index in [9.17, 15) is 22.8 Å². The Morgan fingerprint density at radius 3 is 2.42 bits per heavy atom. The largest absolute Gasteiger partial charge is 0.377 e. The van der Waals surface area contributed by atoms with E-state index in [1.54, 1.807) is 36.0 Å². The minimum absolute atomic E-state index is 0.125. The van der Waals surface area contributed by atoms with Crippen LogP contribution in [0.4, 0.5) is 11.6 Å². The maximum Gasteiger partial charge on any atom is 0.329 e. The molecule has 3 aliphatic rings. The van der Waals surface area contributed by atoms with Crippen molar-refractivity contribution in [2.75, 3.05) is 38.1 Å². The molecule has 2 saturated heterocycles. The third-order valence-electron chi connectivity index (χ3n) is 12.9. The van der Waals surface area contributed by atoms with Crippen molar-refractivity contribution in [3.8, 4) is 11.4 Å². The zero-order valence-corrected chi connectivity index (χ0v) is 37.1. The number of amides is 2. The highest BCUT2D eigenvalue weighted by molar-refractivity contribution is 7.89. The van der Waals surface area contributed by atoms with Crippen LogP contribution in [0.3, 0.4) is 0 Å². The first-order valence-electron chi connectivity index (χ1n) is 21.9. The first-order chi connectivity index (χ1) is 29.8. The molecule has 3 fully saturated rings. The van der Waals surface area contributed by atoms with Gasteiger partial charge in [-0.3, -0.25) is 24.0 Å². The van der Waals surface area contributed by atoms with E-state index in [0.717, 1.165) is 92.0 Å². The fourth-order valence-corrected chi connectivity index (χ4v) is 10.7. The summed E-state index contributed by atoms with van der Waals surface area (Å²) in [6.45, 7) is 11.6. The molecular formula is C45H58N10O6S. The number of ether oxygens (including phenoxy) is 1. The highest BCUT2D eigenvalue weighted by Crippen LogP contribution is 2.34. The van der Waals surface area contributed by atoms with Gasteiger partial charge in [0.2, 0.25) is 27.8 Å². The summed E-state index contributed by atoms with van der Waals surface area (Å²) in [6, 6.07) is 12.5. The molecule has 16 nitrogen and oxygen atoms in total. The number of aromatic nitrogens is 6. The highest BCUT2D eigenvalue weighted by Gasteiger charge is 2.32. The lowest BCUT2D eigenvalue weighted by atomic mass is 9.85. The van der Waals surface area contributed by atoms with E-state index in [0.29, 0.717) is 36.5 Å². The zero-order chi connectivity index (χ0) is 43.7. The van der Waals surface area contributed by atoms with Crippen LogP contribution in [0.15, 0.2) is 64.5 Å². The minimum Gasteiger partial charge on any atom is -0.377 e. The van der Waals surface area contributed by atoms with E-state index >= 15 is 0 Å². The number of anilines is 2. The van der Waals surface area contributed by atoms with E-state index < -0.39 is 22.0 Å². The molecule has 5 heterocycles. The molecule has 8 rings (SSSR count). The number of imidazole rings is 2. The van der Waals surface area contributed by atoms with Crippen molar-refractivity contribution in [1.29, 1.82) is 0 Å². The van der Waals surface area contributed by atoms with Crippen molar-refractivity contribution in [1.82, 2.24) is 43.6 Å². The summed E-state index contributed by atoms with van der Waals surface area (Å²) in [5.74, 6) is 1.60. The normalized spacial score (nSPS) is 20.6. The van der Waals surface area contributed by atoms with Gasteiger partial charge in [0.25, 0.3) is 0 Å². The van der Waals surface area contributed by atoms with Gasteiger partial charge in [-0.1, -0.05) is 6.07 Å². The summed E-state index contributed by atoms with van der Waals surface area (Å²) in [7, 11) is -2.00. The van der Waals surface area contributed by atoms with Gasteiger partial charge < -0.3 is 19.5 Å². The lowest BCUT2D eigenvalue weighted by Gasteiger charge is -2.36. The van der Waals surface area contributed by atoms with Crippen LogP contribution in [-0.2, 0) is 31.4 Å². The Labute approximate surface area is 362 Å². The van der Waals surface area contributed by atoms with Crippen molar-refractivity contribution < 1.29 is 22.7 Å². The summed E-state index contributed by atoms with van der Waals surface area (Å²) in [5.41, 5.74) is 5.60.